The molecule has 0 aliphatic carbocycles. The molecule has 0 saturated carbocycles. The van der Waals surface area contributed by atoms with Gasteiger partial charge in [0.05, 0.1) is 13.5 Å². The number of amides is 1. The molecule has 1 fully saturated rings. The highest BCUT2D eigenvalue weighted by molar-refractivity contribution is 6.31. The highest BCUT2D eigenvalue weighted by Crippen LogP contribution is 2.46. The van der Waals surface area contributed by atoms with E-state index in [0.717, 1.165) is 4.90 Å². The van der Waals surface area contributed by atoms with E-state index in [9.17, 15) is 22.8 Å². The van der Waals surface area contributed by atoms with Gasteiger partial charge in [0.15, 0.2) is 5.41 Å². The third-order valence-corrected chi connectivity index (χ3v) is 4.55. The first kappa shape index (κ1) is 18.4. The van der Waals surface area contributed by atoms with Crippen LogP contribution in [-0.2, 0) is 16.0 Å². The highest BCUT2D eigenvalue weighted by atomic mass is 35.5. The largest absolute Gasteiger partial charge is 0.496 e. The lowest BCUT2D eigenvalue weighted by molar-refractivity contribution is -0.227. The quantitative estimate of drug-likeness (QED) is 0.891. The van der Waals surface area contributed by atoms with Crippen molar-refractivity contribution in [2.75, 3.05) is 20.2 Å². The van der Waals surface area contributed by atoms with Crippen LogP contribution in [0.1, 0.15) is 12.0 Å². The fraction of sp³-hybridized carbons (Fsp3) is 0.467. The van der Waals surface area contributed by atoms with E-state index in [-0.39, 0.29) is 18.0 Å². The molecular formula is C15H15ClF3NO4. The van der Waals surface area contributed by atoms with E-state index >= 15 is 0 Å². The Hall–Kier alpha value is -1.96. The molecule has 1 amide bonds. The zero-order valence-corrected chi connectivity index (χ0v) is 13.4. The van der Waals surface area contributed by atoms with Crippen molar-refractivity contribution in [3.63, 3.8) is 0 Å². The molecule has 1 saturated heterocycles. The van der Waals surface area contributed by atoms with E-state index in [1.54, 1.807) is 12.1 Å². The summed E-state index contributed by atoms with van der Waals surface area (Å²) in [6.45, 7) is -1.19. The molecule has 1 atom stereocenters. The van der Waals surface area contributed by atoms with Crippen molar-refractivity contribution in [3.8, 4) is 5.75 Å². The summed E-state index contributed by atoms with van der Waals surface area (Å²) >= 11 is 6.01. The van der Waals surface area contributed by atoms with E-state index in [1.807, 2.05) is 0 Å². The van der Waals surface area contributed by atoms with Crippen LogP contribution in [0, 0.1) is 5.41 Å². The van der Waals surface area contributed by atoms with Crippen LogP contribution in [-0.4, -0.2) is 48.3 Å². The van der Waals surface area contributed by atoms with Crippen LogP contribution >= 0.6 is 11.6 Å². The Morgan fingerprint density at radius 1 is 1.42 bits per heavy atom. The zero-order valence-electron chi connectivity index (χ0n) is 12.7. The van der Waals surface area contributed by atoms with Gasteiger partial charge in [-0.2, -0.15) is 13.2 Å². The summed E-state index contributed by atoms with van der Waals surface area (Å²) in [7, 11) is 1.38. The van der Waals surface area contributed by atoms with Gasteiger partial charge in [0.1, 0.15) is 5.75 Å². The average molecular weight is 366 g/mol. The fourth-order valence-corrected chi connectivity index (χ4v) is 2.95. The standard InChI is InChI=1S/C15H15ClF3NO4/c1-24-11-4-2-3-10(16)9(11)7-12(21)20-6-5-14(8-20,13(22)23)15(17,18)19/h2-4H,5-8H2,1H3,(H,22,23). The lowest BCUT2D eigenvalue weighted by Gasteiger charge is -2.27. The number of alkyl halides is 3. The Labute approximate surface area is 141 Å². The van der Waals surface area contributed by atoms with Crippen LogP contribution in [0.15, 0.2) is 18.2 Å². The molecular weight excluding hydrogens is 351 g/mol. The van der Waals surface area contributed by atoms with Gasteiger partial charge in [-0.3, -0.25) is 9.59 Å². The number of nitrogens with zero attached hydrogens (tertiary/aromatic N) is 1. The van der Waals surface area contributed by atoms with E-state index < -0.39 is 36.4 Å². The zero-order chi connectivity index (χ0) is 18.1. The summed E-state index contributed by atoms with van der Waals surface area (Å²) in [5.74, 6) is -2.26. The molecule has 9 heteroatoms. The molecule has 1 aliphatic heterocycles. The van der Waals surface area contributed by atoms with E-state index in [2.05, 4.69) is 0 Å². The van der Waals surface area contributed by atoms with Crippen molar-refractivity contribution in [1.29, 1.82) is 0 Å². The van der Waals surface area contributed by atoms with Crippen LogP contribution in [0.25, 0.3) is 0 Å². The van der Waals surface area contributed by atoms with Gasteiger partial charge in [0.25, 0.3) is 0 Å². The monoisotopic (exact) mass is 365 g/mol. The number of carbonyl (C=O) groups excluding carboxylic acids is 1. The SMILES string of the molecule is COc1cccc(Cl)c1CC(=O)N1CCC(C(=O)O)(C(F)(F)F)C1. The summed E-state index contributed by atoms with van der Waals surface area (Å²) in [5.41, 5.74) is -2.57. The number of rotatable bonds is 4. The highest BCUT2D eigenvalue weighted by Gasteiger charge is 2.64. The van der Waals surface area contributed by atoms with Crippen molar-refractivity contribution >= 4 is 23.5 Å². The lowest BCUT2D eigenvalue weighted by Crippen LogP contribution is -2.47. The molecule has 1 aromatic rings. The molecule has 132 valence electrons. The predicted molar refractivity (Wildman–Crippen MR) is 79.0 cm³/mol. The Morgan fingerprint density at radius 3 is 2.58 bits per heavy atom. The van der Waals surface area contributed by atoms with Gasteiger partial charge in [-0.25, -0.2) is 0 Å². The number of aliphatic carboxylic acids is 1. The minimum absolute atomic E-state index is 0.252. The second kappa shape index (κ2) is 6.51. The number of carboxylic acid groups (broad SMARTS) is 1. The molecule has 1 N–H and O–H groups in total. The number of carbonyl (C=O) groups is 2. The maximum Gasteiger partial charge on any atom is 0.406 e. The molecule has 0 bridgehead atoms. The molecule has 24 heavy (non-hydrogen) atoms. The summed E-state index contributed by atoms with van der Waals surface area (Å²) in [5, 5.41) is 9.27. The number of halogens is 4. The van der Waals surface area contributed by atoms with E-state index in [0.29, 0.717) is 11.3 Å². The van der Waals surface area contributed by atoms with Gasteiger partial charge < -0.3 is 14.7 Å². The van der Waals surface area contributed by atoms with Crippen LogP contribution in [0.5, 0.6) is 5.75 Å². The van der Waals surface area contributed by atoms with Crippen molar-refractivity contribution in [1.82, 2.24) is 4.90 Å². The van der Waals surface area contributed by atoms with E-state index in [1.165, 1.54) is 13.2 Å². The summed E-state index contributed by atoms with van der Waals surface area (Å²) in [4.78, 5) is 24.4. The maximum atomic E-state index is 13.2. The van der Waals surface area contributed by atoms with Gasteiger partial charge in [0, 0.05) is 23.7 Å². The molecule has 0 spiro atoms. The fourth-order valence-electron chi connectivity index (χ4n) is 2.71. The average Bonchev–Trinajstić information content (AvgIpc) is 2.95. The van der Waals surface area contributed by atoms with Gasteiger partial charge >= 0.3 is 12.1 Å². The molecule has 1 aromatic carbocycles. The molecule has 0 radical (unpaired) electrons. The van der Waals surface area contributed by atoms with Crippen LogP contribution in [0.4, 0.5) is 13.2 Å². The first-order valence-electron chi connectivity index (χ1n) is 7.01. The summed E-state index contributed by atoms with van der Waals surface area (Å²) in [6.07, 6.45) is -5.87. The van der Waals surface area contributed by atoms with Gasteiger partial charge in [0.2, 0.25) is 5.91 Å². The first-order valence-corrected chi connectivity index (χ1v) is 7.39. The predicted octanol–water partition coefficient (Wildman–Crippen LogP) is 2.76. The van der Waals surface area contributed by atoms with Crippen molar-refractivity contribution in [3.05, 3.63) is 28.8 Å². The van der Waals surface area contributed by atoms with Gasteiger partial charge in [-0.05, 0) is 18.6 Å². The Bertz CT molecular complexity index is 665. The Morgan fingerprint density at radius 2 is 2.08 bits per heavy atom. The number of hydrogen-bond donors (Lipinski definition) is 1. The third kappa shape index (κ3) is 3.15. The maximum absolute atomic E-state index is 13.2. The van der Waals surface area contributed by atoms with Gasteiger partial charge in [-0.15, -0.1) is 0 Å². The number of methoxy groups -OCH3 is 1. The van der Waals surface area contributed by atoms with Crippen LogP contribution in [0.2, 0.25) is 5.02 Å². The number of ether oxygens (including phenoxy) is 1. The molecule has 1 unspecified atom stereocenters. The topological polar surface area (TPSA) is 66.8 Å². The Kier molecular flexibility index (Phi) is 4.98. The molecule has 0 aromatic heterocycles. The summed E-state index contributed by atoms with van der Waals surface area (Å²) < 4.78 is 44.6. The van der Waals surface area contributed by atoms with Crippen molar-refractivity contribution < 1.29 is 32.6 Å². The number of benzene rings is 1. The van der Waals surface area contributed by atoms with Crippen LogP contribution in [0.3, 0.4) is 0 Å². The van der Waals surface area contributed by atoms with E-state index in [4.69, 9.17) is 21.4 Å². The third-order valence-electron chi connectivity index (χ3n) is 4.20. The molecule has 5 nitrogen and oxygen atoms in total. The van der Waals surface area contributed by atoms with Crippen molar-refractivity contribution in [2.24, 2.45) is 5.41 Å². The molecule has 1 heterocycles. The number of hydrogen-bond acceptors (Lipinski definition) is 3. The number of likely N-dealkylation sites (tertiary alicyclic amines) is 1. The molecule has 2 rings (SSSR count). The summed E-state index contributed by atoms with van der Waals surface area (Å²) in [6, 6.07) is 4.73. The minimum Gasteiger partial charge on any atom is -0.496 e. The first-order chi connectivity index (χ1) is 11.1. The number of carboxylic acids is 1. The van der Waals surface area contributed by atoms with Crippen molar-refractivity contribution in [2.45, 2.75) is 19.0 Å². The van der Waals surface area contributed by atoms with Crippen LogP contribution < -0.4 is 4.74 Å². The normalized spacial score (nSPS) is 21.0. The molecule has 1 aliphatic rings. The smallest absolute Gasteiger partial charge is 0.406 e. The lowest BCUT2D eigenvalue weighted by atomic mass is 9.86. The Balaban J connectivity index is 2.20. The second-order valence-electron chi connectivity index (χ2n) is 5.55. The minimum atomic E-state index is -4.93. The van der Waals surface area contributed by atoms with Gasteiger partial charge in [-0.1, -0.05) is 17.7 Å². The second-order valence-corrected chi connectivity index (χ2v) is 5.95.